The second kappa shape index (κ2) is 7.71. The van der Waals surface area contributed by atoms with Crippen molar-refractivity contribution in [2.75, 3.05) is 12.4 Å². The van der Waals surface area contributed by atoms with Crippen molar-refractivity contribution in [2.24, 2.45) is 0 Å². The average molecular weight is 319 g/mol. The average Bonchev–Trinajstić information content (AvgIpc) is 2.62. The monoisotopic (exact) mass is 319 g/mol. The van der Waals surface area contributed by atoms with Gasteiger partial charge in [0.15, 0.2) is 0 Å². The molecule has 0 amide bonds. The van der Waals surface area contributed by atoms with Gasteiger partial charge in [-0.1, -0.05) is 48.5 Å². The maximum Gasteiger partial charge on any atom is 0.127 e. The zero-order chi connectivity index (χ0) is 15.9. The molecule has 0 unspecified atom stereocenters. The van der Waals surface area contributed by atoms with Gasteiger partial charge in [0.05, 0.1) is 18.2 Å². The Morgan fingerprint density at radius 3 is 2.52 bits per heavy atom. The van der Waals surface area contributed by atoms with Gasteiger partial charge in [-0.2, -0.15) is 17.0 Å². The molecule has 114 valence electrons. The van der Waals surface area contributed by atoms with E-state index in [1.54, 1.807) is 0 Å². The van der Waals surface area contributed by atoms with E-state index in [0.717, 1.165) is 22.6 Å². The summed E-state index contributed by atoms with van der Waals surface area (Å²) in [7, 11) is 0. The zero-order valence-electron chi connectivity index (χ0n) is 12.7. The third kappa shape index (κ3) is 4.06. The molecule has 3 heteroatoms. The Morgan fingerprint density at radius 1 is 0.913 bits per heavy atom. The summed E-state index contributed by atoms with van der Waals surface area (Å²) >= 11 is 1.84. The second-order valence-corrected chi connectivity index (χ2v) is 6.29. The predicted octanol–water partition coefficient (Wildman–Crippen LogP) is 5.02. The molecule has 0 saturated heterocycles. The summed E-state index contributed by atoms with van der Waals surface area (Å²) in [6.45, 7) is 0.689. The van der Waals surface area contributed by atoms with Gasteiger partial charge < -0.3 is 4.74 Å². The zero-order valence-corrected chi connectivity index (χ0v) is 13.6. The van der Waals surface area contributed by atoms with Gasteiger partial charge in [0.2, 0.25) is 0 Å². The summed E-state index contributed by atoms with van der Waals surface area (Å²) in [5, 5.41) is 11.1. The number of nitrogens with zero attached hydrogens (tertiary/aromatic N) is 1. The van der Waals surface area contributed by atoms with Gasteiger partial charge in [0, 0.05) is 16.9 Å². The Balaban J connectivity index is 1.48. The Labute approximate surface area is 140 Å². The van der Waals surface area contributed by atoms with Crippen LogP contribution in [0.3, 0.4) is 0 Å². The van der Waals surface area contributed by atoms with E-state index >= 15 is 0 Å². The molecular weight excluding hydrogens is 302 g/mol. The van der Waals surface area contributed by atoms with Crippen LogP contribution in [0.15, 0.2) is 66.7 Å². The number of hydrogen-bond acceptors (Lipinski definition) is 3. The maximum absolute atomic E-state index is 8.79. The fraction of sp³-hybridized carbons (Fsp3) is 0.150. The molecular formula is C20H17NOS. The third-order valence-corrected chi connectivity index (χ3v) is 4.58. The van der Waals surface area contributed by atoms with E-state index in [2.05, 4.69) is 24.3 Å². The Morgan fingerprint density at radius 2 is 1.70 bits per heavy atom. The van der Waals surface area contributed by atoms with Crippen LogP contribution in [0.25, 0.3) is 10.8 Å². The first-order chi connectivity index (χ1) is 11.4. The number of thioether (sulfide) groups is 1. The van der Waals surface area contributed by atoms with Gasteiger partial charge >= 0.3 is 0 Å². The Hall–Kier alpha value is -2.44. The summed E-state index contributed by atoms with van der Waals surface area (Å²) in [5.41, 5.74) is 1.94. The van der Waals surface area contributed by atoms with Crippen molar-refractivity contribution in [1.82, 2.24) is 0 Å². The minimum atomic E-state index is 0.689. The molecule has 0 atom stereocenters. The van der Waals surface area contributed by atoms with Gasteiger partial charge in [0.1, 0.15) is 5.75 Å². The quantitative estimate of drug-likeness (QED) is 0.598. The normalized spacial score (nSPS) is 10.4. The molecule has 0 aliphatic rings. The lowest BCUT2D eigenvalue weighted by atomic mass is 10.1. The van der Waals surface area contributed by atoms with Crippen molar-refractivity contribution in [1.29, 1.82) is 5.26 Å². The minimum absolute atomic E-state index is 0.689. The van der Waals surface area contributed by atoms with E-state index in [4.69, 9.17) is 10.00 Å². The third-order valence-electron chi connectivity index (χ3n) is 3.59. The molecule has 0 N–H and O–H groups in total. The molecule has 0 saturated carbocycles. The van der Waals surface area contributed by atoms with Crippen molar-refractivity contribution in [2.45, 2.75) is 5.75 Å². The summed E-state index contributed by atoms with van der Waals surface area (Å²) < 4.78 is 5.93. The molecule has 0 aliphatic heterocycles. The van der Waals surface area contributed by atoms with Gasteiger partial charge in [-0.25, -0.2) is 0 Å². The number of hydrogen-bond donors (Lipinski definition) is 0. The number of fused-ring (bicyclic) bond motifs is 1. The van der Waals surface area contributed by atoms with Crippen molar-refractivity contribution >= 4 is 22.5 Å². The van der Waals surface area contributed by atoms with Crippen LogP contribution < -0.4 is 4.74 Å². The molecule has 3 rings (SSSR count). The highest BCUT2D eigenvalue weighted by Gasteiger charge is 2.01. The summed E-state index contributed by atoms with van der Waals surface area (Å²) in [6.07, 6.45) is 0. The van der Waals surface area contributed by atoms with Crippen molar-refractivity contribution < 1.29 is 4.74 Å². The molecule has 2 nitrogen and oxygen atoms in total. The molecule has 0 aromatic heterocycles. The van der Waals surface area contributed by atoms with Crippen molar-refractivity contribution in [3.8, 4) is 11.8 Å². The summed E-state index contributed by atoms with van der Waals surface area (Å²) in [4.78, 5) is 0. The smallest absolute Gasteiger partial charge is 0.127 e. The standard InChI is InChI=1S/C20H17NOS/c21-14-16-8-10-17(11-9-16)15-23-13-12-22-20-7-3-5-18-4-1-2-6-19(18)20/h1-11H,12-13,15H2. The molecule has 23 heavy (non-hydrogen) atoms. The van der Waals surface area contributed by atoms with E-state index in [-0.39, 0.29) is 0 Å². The topological polar surface area (TPSA) is 33.0 Å². The summed E-state index contributed by atoms with van der Waals surface area (Å²) in [5.74, 6) is 2.82. The lowest BCUT2D eigenvalue weighted by molar-refractivity contribution is 0.348. The Kier molecular flexibility index (Phi) is 5.18. The van der Waals surface area contributed by atoms with Crippen LogP contribution in [0.2, 0.25) is 0 Å². The van der Waals surface area contributed by atoms with E-state index in [9.17, 15) is 0 Å². The van der Waals surface area contributed by atoms with E-state index in [0.29, 0.717) is 12.2 Å². The Bertz CT molecular complexity index is 816. The van der Waals surface area contributed by atoms with Crippen LogP contribution in [0, 0.1) is 11.3 Å². The van der Waals surface area contributed by atoms with Gasteiger partial charge in [-0.3, -0.25) is 0 Å². The molecule has 3 aromatic rings. The number of benzene rings is 3. The lowest BCUT2D eigenvalue weighted by Crippen LogP contribution is -2.01. The highest BCUT2D eigenvalue weighted by Crippen LogP contribution is 2.25. The van der Waals surface area contributed by atoms with Crippen LogP contribution in [-0.4, -0.2) is 12.4 Å². The molecule has 0 radical (unpaired) electrons. The van der Waals surface area contributed by atoms with E-state index < -0.39 is 0 Å². The van der Waals surface area contributed by atoms with Gasteiger partial charge in [-0.05, 0) is 29.1 Å². The van der Waals surface area contributed by atoms with Crippen LogP contribution in [-0.2, 0) is 5.75 Å². The molecule has 0 heterocycles. The second-order valence-electron chi connectivity index (χ2n) is 5.19. The first-order valence-corrected chi connectivity index (χ1v) is 8.69. The highest BCUT2D eigenvalue weighted by atomic mass is 32.2. The van der Waals surface area contributed by atoms with Crippen LogP contribution in [0.4, 0.5) is 0 Å². The summed E-state index contributed by atoms with van der Waals surface area (Å²) in [6, 6.07) is 24.3. The SMILES string of the molecule is N#Cc1ccc(CSCCOc2cccc3ccccc23)cc1. The van der Waals surface area contributed by atoms with Crippen LogP contribution >= 0.6 is 11.8 Å². The highest BCUT2D eigenvalue weighted by molar-refractivity contribution is 7.98. The lowest BCUT2D eigenvalue weighted by Gasteiger charge is -2.09. The molecule has 3 aromatic carbocycles. The molecule has 0 fully saturated rings. The minimum Gasteiger partial charge on any atom is -0.492 e. The van der Waals surface area contributed by atoms with E-state index in [1.807, 2.05) is 60.3 Å². The number of ether oxygens (including phenoxy) is 1. The first-order valence-electron chi connectivity index (χ1n) is 7.54. The maximum atomic E-state index is 8.79. The van der Waals surface area contributed by atoms with E-state index in [1.165, 1.54) is 10.9 Å². The largest absolute Gasteiger partial charge is 0.492 e. The molecule has 0 aliphatic carbocycles. The van der Waals surface area contributed by atoms with Crippen LogP contribution in [0.1, 0.15) is 11.1 Å². The van der Waals surface area contributed by atoms with Gasteiger partial charge in [0.25, 0.3) is 0 Å². The van der Waals surface area contributed by atoms with Gasteiger partial charge in [-0.15, -0.1) is 0 Å². The number of rotatable bonds is 6. The fourth-order valence-corrected chi connectivity index (χ4v) is 3.17. The van der Waals surface area contributed by atoms with Crippen LogP contribution in [0.5, 0.6) is 5.75 Å². The molecule has 0 spiro atoms. The number of nitriles is 1. The van der Waals surface area contributed by atoms with Crippen molar-refractivity contribution in [3.63, 3.8) is 0 Å². The van der Waals surface area contributed by atoms with Crippen molar-refractivity contribution in [3.05, 3.63) is 77.9 Å². The fourth-order valence-electron chi connectivity index (χ4n) is 2.40. The first kappa shape index (κ1) is 15.5. The molecule has 0 bridgehead atoms. The predicted molar refractivity (Wildman–Crippen MR) is 96.8 cm³/mol.